The topological polar surface area (TPSA) is 76.2 Å². The van der Waals surface area contributed by atoms with Gasteiger partial charge in [0.1, 0.15) is 0 Å². The summed E-state index contributed by atoms with van der Waals surface area (Å²) < 4.78 is 38.2. The maximum atomic E-state index is 12.7. The van der Waals surface area contributed by atoms with Crippen molar-refractivity contribution in [3.8, 4) is 0 Å². The van der Waals surface area contributed by atoms with Crippen LogP contribution in [0.2, 0.25) is 5.31 Å². The lowest BCUT2D eigenvalue weighted by Gasteiger charge is -2.34. The minimum Gasteiger partial charge on any atom is -0.403 e. The number of hydrogen-bond acceptors (Lipinski definition) is 5. The first kappa shape index (κ1) is 19.7. The van der Waals surface area contributed by atoms with Gasteiger partial charge in [0.15, 0.2) is 0 Å². The Morgan fingerprint density at radius 3 is 2.37 bits per heavy atom. The molecule has 3 aliphatic heterocycles. The highest BCUT2D eigenvalue weighted by atomic mass is 32.2. The van der Waals surface area contributed by atoms with Gasteiger partial charge in [-0.3, -0.25) is 4.79 Å². The van der Waals surface area contributed by atoms with E-state index in [1.807, 2.05) is 4.90 Å². The molecule has 0 spiro atoms. The van der Waals surface area contributed by atoms with Gasteiger partial charge in [-0.1, -0.05) is 0 Å². The maximum Gasteiger partial charge on any atom is 0.464 e. The van der Waals surface area contributed by atoms with Crippen LogP contribution in [0, 0.1) is 5.92 Å². The smallest absolute Gasteiger partial charge is 0.403 e. The van der Waals surface area contributed by atoms with E-state index in [0.717, 1.165) is 19.3 Å². The third-order valence-electron chi connectivity index (χ3n) is 7.41. The molecule has 0 aromatic carbocycles. The molecule has 152 valence electrons. The number of piperidine rings is 1. The zero-order valence-electron chi connectivity index (χ0n) is 16.9. The number of carbonyl (C=O) groups excluding carboxylic acids is 1. The van der Waals surface area contributed by atoms with Gasteiger partial charge in [0, 0.05) is 24.9 Å². The van der Waals surface area contributed by atoms with Gasteiger partial charge in [-0.05, 0) is 59.3 Å². The van der Waals surface area contributed by atoms with E-state index in [0.29, 0.717) is 32.0 Å². The highest BCUT2D eigenvalue weighted by Gasteiger charge is 2.70. The summed E-state index contributed by atoms with van der Waals surface area (Å²) in [5, 5.41) is 0.0129. The first-order chi connectivity index (χ1) is 12.5. The summed E-state index contributed by atoms with van der Waals surface area (Å²) in [5.41, 5.74) is -0.676. The van der Waals surface area contributed by atoms with Crippen LogP contribution >= 0.6 is 0 Å². The lowest BCUT2D eigenvalue weighted by atomic mass is 9.63. The van der Waals surface area contributed by atoms with Crippen LogP contribution in [-0.2, 0) is 24.1 Å². The second-order valence-corrected chi connectivity index (χ2v) is 11.8. The monoisotopic (exact) mass is 398 g/mol. The molecule has 7 nitrogen and oxygen atoms in total. The van der Waals surface area contributed by atoms with E-state index in [4.69, 9.17) is 9.31 Å². The molecule has 0 bridgehead atoms. The zero-order valence-corrected chi connectivity index (χ0v) is 17.7. The average Bonchev–Trinajstić information content (AvgIpc) is 3.25. The maximum absolute atomic E-state index is 12.7. The average molecular weight is 398 g/mol. The molecule has 0 aromatic heterocycles. The Bertz CT molecular complexity index is 724. The summed E-state index contributed by atoms with van der Waals surface area (Å²) in [6, 6.07) is 0. The van der Waals surface area contributed by atoms with Crippen molar-refractivity contribution < 1.29 is 22.5 Å². The molecule has 0 radical (unpaired) electrons. The number of hydrogen-bond donors (Lipinski definition) is 0. The predicted molar refractivity (Wildman–Crippen MR) is 103 cm³/mol. The molecule has 3 heterocycles. The summed E-state index contributed by atoms with van der Waals surface area (Å²) in [6.45, 7) is 10.0. The molecule has 4 fully saturated rings. The number of nitrogens with zero attached hydrogens (tertiary/aromatic N) is 2. The summed E-state index contributed by atoms with van der Waals surface area (Å²) in [6.07, 6.45) is 3.39. The second-order valence-electron chi connectivity index (χ2n) is 9.67. The highest BCUT2D eigenvalue weighted by molar-refractivity contribution is 7.89. The van der Waals surface area contributed by atoms with Crippen molar-refractivity contribution in [3.63, 3.8) is 0 Å². The van der Waals surface area contributed by atoms with E-state index in [-0.39, 0.29) is 41.8 Å². The Morgan fingerprint density at radius 1 is 1.11 bits per heavy atom. The van der Waals surface area contributed by atoms with Crippen LogP contribution in [0.5, 0.6) is 0 Å². The molecule has 0 N–H and O–H groups in total. The van der Waals surface area contributed by atoms with Crippen molar-refractivity contribution in [1.82, 2.24) is 9.21 Å². The van der Waals surface area contributed by atoms with Gasteiger partial charge in [0.05, 0.1) is 23.5 Å². The third-order valence-corrected chi connectivity index (χ3v) is 9.31. The van der Waals surface area contributed by atoms with Gasteiger partial charge in [-0.15, -0.1) is 0 Å². The molecular formula is C18H31BN2O5S. The molecule has 9 heteroatoms. The Hall–Kier alpha value is -0.635. The van der Waals surface area contributed by atoms with Crippen molar-refractivity contribution in [2.45, 2.75) is 69.9 Å². The minimum atomic E-state index is -3.27. The number of fused-ring (bicyclic) bond motifs is 1. The van der Waals surface area contributed by atoms with Crippen molar-refractivity contribution in [2.24, 2.45) is 5.92 Å². The third kappa shape index (κ3) is 3.24. The van der Waals surface area contributed by atoms with Gasteiger partial charge >= 0.3 is 7.12 Å². The lowest BCUT2D eigenvalue weighted by molar-refractivity contribution is -0.132. The van der Waals surface area contributed by atoms with Gasteiger partial charge in [0.2, 0.25) is 15.9 Å². The Kier molecular flexibility index (Phi) is 4.50. The first-order valence-corrected chi connectivity index (χ1v) is 11.7. The summed E-state index contributed by atoms with van der Waals surface area (Å²) in [5.74, 6) is 0.464. The van der Waals surface area contributed by atoms with Crippen LogP contribution < -0.4 is 0 Å². The molecule has 2 unspecified atom stereocenters. The molecule has 2 atom stereocenters. The van der Waals surface area contributed by atoms with Gasteiger partial charge in [-0.25, -0.2) is 8.42 Å². The largest absolute Gasteiger partial charge is 0.464 e. The lowest BCUT2D eigenvalue weighted by Crippen LogP contribution is -2.48. The fourth-order valence-electron chi connectivity index (χ4n) is 4.63. The molecular weight excluding hydrogens is 367 g/mol. The predicted octanol–water partition coefficient (Wildman–Crippen LogP) is 1.50. The zero-order chi connectivity index (χ0) is 19.7. The molecule has 1 aliphatic carbocycles. The summed E-state index contributed by atoms with van der Waals surface area (Å²) in [4.78, 5) is 14.5. The second kappa shape index (κ2) is 6.18. The van der Waals surface area contributed by atoms with E-state index in [9.17, 15) is 13.2 Å². The fourth-order valence-corrected chi connectivity index (χ4v) is 6.17. The minimum absolute atomic E-state index is 0.0129. The van der Waals surface area contributed by atoms with E-state index >= 15 is 0 Å². The quantitative estimate of drug-likeness (QED) is 0.674. The van der Waals surface area contributed by atoms with Crippen LogP contribution in [0.15, 0.2) is 0 Å². The number of amides is 1. The van der Waals surface area contributed by atoms with Crippen LogP contribution in [-0.4, -0.2) is 73.8 Å². The Morgan fingerprint density at radius 2 is 1.78 bits per heavy atom. The highest BCUT2D eigenvalue weighted by Crippen LogP contribution is 2.68. The number of rotatable bonds is 3. The van der Waals surface area contributed by atoms with Crippen LogP contribution in [0.4, 0.5) is 0 Å². The number of sulfonamides is 1. The van der Waals surface area contributed by atoms with Crippen LogP contribution in [0.1, 0.15) is 53.4 Å². The molecule has 0 aromatic rings. The molecule has 27 heavy (non-hydrogen) atoms. The fraction of sp³-hybridized carbons (Fsp3) is 0.944. The molecule has 1 saturated carbocycles. The number of carbonyl (C=O) groups is 1. The van der Waals surface area contributed by atoms with Gasteiger partial charge in [-0.2, -0.15) is 4.31 Å². The number of likely N-dealkylation sites (tertiary alicyclic amines) is 1. The van der Waals surface area contributed by atoms with Crippen molar-refractivity contribution >= 4 is 23.0 Å². The normalized spacial score (nSPS) is 37.1. The van der Waals surface area contributed by atoms with Crippen LogP contribution in [0.25, 0.3) is 0 Å². The molecule has 3 saturated heterocycles. The van der Waals surface area contributed by atoms with Crippen molar-refractivity contribution in [2.75, 3.05) is 31.9 Å². The summed E-state index contributed by atoms with van der Waals surface area (Å²) >= 11 is 0. The van der Waals surface area contributed by atoms with Crippen LogP contribution in [0.3, 0.4) is 0 Å². The van der Waals surface area contributed by atoms with Crippen molar-refractivity contribution in [3.05, 3.63) is 0 Å². The van der Waals surface area contributed by atoms with Gasteiger partial charge < -0.3 is 14.2 Å². The summed E-state index contributed by atoms with van der Waals surface area (Å²) in [7, 11) is -3.48. The van der Waals surface area contributed by atoms with E-state index in [1.165, 1.54) is 4.31 Å². The van der Waals surface area contributed by atoms with E-state index < -0.39 is 10.0 Å². The Balaban J connectivity index is 1.36. The first-order valence-electron chi connectivity index (χ1n) is 10.1. The Labute approximate surface area is 162 Å². The van der Waals surface area contributed by atoms with E-state index in [2.05, 4.69) is 27.7 Å². The standard InChI is InChI=1S/C18H31BN2O5S/c1-16(2)17(3,4)26-19(25-16)18-7-9-20(12-14(18)11-18)15(22)13-21-8-5-6-10-27(21,23)24/h14H,5-13H2,1-4H3. The molecule has 4 aliphatic rings. The van der Waals surface area contributed by atoms with Crippen molar-refractivity contribution in [1.29, 1.82) is 0 Å². The molecule has 1 amide bonds. The SMILES string of the molecule is CC1(C)OB(C23CCN(C(=O)CN4CCCCS4(=O)=O)CC2C3)OC1(C)C. The van der Waals surface area contributed by atoms with E-state index in [1.54, 1.807) is 0 Å². The molecule has 4 rings (SSSR count). The van der Waals surface area contributed by atoms with Gasteiger partial charge in [0.25, 0.3) is 0 Å².